The first kappa shape index (κ1) is 17.6. The second kappa shape index (κ2) is 8.20. The summed E-state index contributed by atoms with van der Waals surface area (Å²) >= 11 is 0. The molecule has 1 N–H and O–H groups in total. The van der Waals surface area contributed by atoms with Crippen LogP contribution in [0.3, 0.4) is 0 Å². The van der Waals surface area contributed by atoms with Crippen LogP contribution in [0, 0.1) is 5.92 Å². The van der Waals surface area contributed by atoms with E-state index in [1.807, 2.05) is 14.0 Å². The molecule has 0 radical (unpaired) electrons. The highest BCUT2D eigenvalue weighted by Crippen LogP contribution is 2.17. The van der Waals surface area contributed by atoms with Crippen LogP contribution in [0.25, 0.3) is 0 Å². The number of nitrogens with one attached hydrogen (secondary N) is 1. The number of urea groups is 1. The van der Waals surface area contributed by atoms with Gasteiger partial charge in [-0.3, -0.25) is 0 Å². The summed E-state index contributed by atoms with van der Waals surface area (Å²) < 4.78 is 5.38. The van der Waals surface area contributed by atoms with Crippen molar-refractivity contribution in [2.75, 3.05) is 38.3 Å². The van der Waals surface area contributed by atoms with E-state index >= 15 is 0 Å². The third-order valence-electron chi connectivity index (χ3n) is 4.43. The van der Waals surface area contributed by atoms with Gasteiger partial charge >= 0.3 is 6.03 Å². The van der Waals surface area contributed by atoms with E-state index < -0.39 is 0 Å². The van der Waals surface area contributed by atoms with E-state index in [2.05, 4.69) is 48.3 Å². The van der Waals surface area contributed by atoms with Gasteiger partial charge in [0.25, 0.3) is 0 Å². The molecule has 5 heteroatoms. The fourth-order valence-electron chi connectivity index (χ4n) is 2.45. The molecule has 0 spiro atoms. The molecule has 1 unspecified atom stereocenters. The molecular formula is C18H29N3O2. The van der Waals surface area contributed by atoms with Gasteiger partial charge in [0, 0.05) is 38.4 Å². The number of ether oxygens (including phenoxy) is 1. The standard InChI is InChI=1S/C18H29N3O2/c1-14(2)15(3)19-18(22)20(4)13-16-5-7-17(8-6-16)21-9-11-23-12-10-21/h5-8,14-15H,9-13H2,1-4H3,(H,19,22). The minimum Gasteiger partial charge on any atom is -0.378 e. The molecular weight excluding hydrogens is 290 g/mol. The zero-order valence-electron chi connectivity index (χ0n) is 14.7. The molecule has 0 aromatic heterocycles. The number of rotatable bonds is 5. The predicted octanol–water partition coefficient (Wildman–Crippen LogP) is 2.71. The van der Waals surface area contributed by atoms with Gasteiger partial charge in [0.15, 0.2) is 0 Å². The number of hydrogen-bond acceptors (Lipinski definition) is 3. The molecule has 1 aliphatic rings. The van der Waals surface area contributed by atoms with Crippen LogP contribution in [0.2, 0.25) is 0 Å². The van der Waals surface area contributed by atoms with E-state index in [4.69, 9.17) is 4.74 Å². The summed E-state index contributed by atoms with van der Waals surface area (Å²) in [5.41, 5.74) is 2.36. The summed E-state index contributed by atoms with van der Waals surface area (Å²) in [7, 11) is 1.83. The Bertz CT molecular complexity index is 495. The van der Waals surface area contributed by atoms with Crippen molar-refractivity contribution in [2.24, 2.45) is 5.92 Å². The molecule has 1 heterocycles. The van der Waals surface area contributed by atoms with Crippen molar-refractivity contribution < 1.29 is 9.53 Å². The molecule has 2 rings (SSSR count). The van der Waals surface area contributed by atoms with Crippen LogP contribution in [-0.4, -0.2) is 50.3 Å². The molecule has 1 aromatic rings. The van der Waals surface area contributed by atoms with Crippen molar-refractivity contribution in [2.45, 2.75) is 33.4 Å². The van der Waals surface area contributed by atoms with Crippen molar-refractivity contribution in [1.82, 2.24) is 10.2 Å². The van der Waals surface area contributed by atoms with E-state index in [9.17, 15) is 4.79 Å². The summed E-state index contributed by atoms with van der Waals surface area (Å²) in [6.45, 7) is 10.3. The summed E-state index contributed by atoms with van der Waals surface area (Å²) in [6, 6.07) is 8.60. The highest BCUT2D eigenvalue weighted by atomic mass is 16.5. The normalized spacial score (nSPS) is 16.3. The summed E-state index contributed by atoms with van der Waals surface area (Å²) in [4.78, 5) is 16.2. The van der Waals surface area contributed by atoms with Gasteiger partial charge < -0.3 is 19.9 Å². The van der Waals surface area contributed by atoms with E-state index in [1.54, 1.807) is 4.90 Å². The van der Waals surface area contributed by atoms with Gasteiger partial charge in [0.05, 0.1) is 13.2 Å². The number of anilines is 1. The number of nitrogens with zero attached hydrogens (tertiary/aromatic N) is 2. The number of benzene rings is 1. The molecule has 23 heavy (non-hydrogen) atoms. The molecule has 0 saturated carbocycles. The van der Waals surface area contributed by atoms with E-state index in [0.717, 1.165) is 31.9 Å². The fraction of sp³-hybridized carbons (Fsp3) is 0.611. The maximum absolute atomic E-state index is 12.2. The lowest BCUT2D eigenvalue weighted by atomic mass is 10.1. The number of morpholine rings is 1. The maximum Gasteiger partial charge on any atom is 0.317 e. The first-order chi connectivity index (χ1) is 11.0. The largest absolute Gasteiger partial charge is 0.378 e. The topological polar surface area (TPSA) is 44.8 Å². The molecule has 1 aromatic carbocycles. The molecule has 5 nitrogen and oxygen atoms in total. The smallest absolute Gasteiger partial charge is 0.317 e. The number of amides is 2. The SMILES string of the molecule is CC(C)C(C)NC(=O)N(C)Cc1ccc(N2CCOCC2)cc1. The molecule has 0 bridgehead atoms. The summed E-state index contributed by atoms with van der Waals surface area (Å²) in [6.07, 6.45) is 0. The van der Waals surface area contributed by atoms with Gasteiger partial charge in [-0.1, -0.05) is 26.0 Å². The van der Waals surface area contributed by atoms with Crippen molar-refractivity contribution in [1.29, 1.82) is 0 Å². The number of hydrogen-bond donors (Lipinski definition) is 1. The predicted molar refractivity (Wildman–Crippen MR) is 93.8 cm³/mol. The second-order valence-corrected chi connectivity index (χ2v) is 6.60. The Hall–Kier alpha value is -1.75. The Kier molecular flexibility index (Phi) is 6.28. The van der Waals surface area contributed by atoms with Gasteiger partial charge in [-0.25, -0.2) is 4.79 Å². The lowest BCUT2D eigenvalue weighted by Crippen LogP contribution is -2.43. The van der Waals surface area contributed by atoms with E-state index in [1.165, 1.54) is 5.69 Å². The highest BCUT2D eigenvalue weighted by Gasteiger charge is 2.15. The molecule has 2 amide bonds. The van der Waals surface area contributed by atoms with Crippen LogP contribution < -0.4 is 10.2 Å². The monoisotopic (exact) mass is 319 g/mol. The Morgan fingerprint density at radius 2 is 1.83 bits per heavy atom. The molecule has 0 aliphatic carbocycles. The highest BCUT2D eigenvalue weighted by molar-refractivity contribution is 5.74. The van der Waals surface area contributed by atoms with Gasteiger partial charge in [-0.2, -0.15) is 0 Å². The first-order valence-corrected chi connectivity index (χ1v) is 8.40. The van der Waals surface area contributed by atoms with Crippen LogP contribution in [0.4, 0.5) is 10.5 Å². The van der Waals surface area contributed by atoms with Crippen LogP contribution in [-0.2, 0) is 11.3 Å². The third kappa shape index (κ3) is 5.13. The van der Waals surface area contributed by atoms with Crippen molar-refractivity contribution in [3.05, 3.63) is 29.8 Å². The van der Waals surface area contributed by atoms with Crippen molar-refractivity contribution in [3.8, 4) is 0 Å². The summed E-state index contributed by atoms with van der Waals surface area (Å²) in [5.74, 6) is 0.431. The average Bonchev–Trinajstić information content (AvgIpc) is 2.56. The van der Waals surface area contributed by atoms with Gasteiger partial charge in [-0.15, -0.1) is 0 Å². The Labute approximate surface area is 139 Å². The quantitative estimate of drug-likeness (QED) is 0.907. The zero-order chi connectivity index (χ0) is 16.8. The van der Waals surface area contributed by atoms with Crippen LogP contribution in [0.1, 0.15) is 26.3 Å². The molecule has 1 saturated heterocycles. The Balaban J connectivity index is 1.88. The van der Waals surface area contributed by atoms with Gasteiger partial charge in [-0.05, 0) is 30.5 Å². The van der Waals surface area contributed by atoms with Crippen molar-refractivity contribution in [3.63, 3.8) is 0 Å². The van der Waals surface area contributed by atoms with E-state index in [0.29, 0.717) is 12.5 Å². The molecule has 128 valence electrons. The van der Waals surface area contributed by atoms with Gasteiger partial charge in [0.2, 0.25) is 0 Å². The van der Waals surface area contributed by atoms with Crippen LogP contribution in [0.5, 0.6) is 0 Å². The number of carbonyl (C=O) groups excluding carboxylic acids is 1. The minimum atomic E-state index is -0.0246. The van der Waals surface area contributed by atoms with Crippen molar-refractivity contribution >= 4 is 11.7 Å². The lowest BCUT2D eigenvalue weighted by molar-refractivity contribution is 0.122. The first-order valence-electron chi connectivity index (χ1n) is 8.40. The van der Waals surface area contributed by atoms with Crippen LogP contribution in [0.15, 0.2) is 24.3 Å². The van der Waals surface area contributed by atoms with Gasteiger partial charge in [0.1, 0.15) is 0 Å². The molecule has 1 atom stereocenters. The van der Waals surface area contributed by atoms with E-state index in [-0.39, 0.29) is 12.1 Å². The second-order valence-electron chi connectivity index (χ2n) is 6.60. The fourth-order valence-corrected chi connectivity index (χ4v) is 2.45. The van der Waals surface area contributed by atoms with Crippen LogP contribution >= 0.6 is 0 Å². The average molecular weight is 319 g/mol. The summed E-state index contributed by atoms with van der Waals surface area (Å²) in [5, 5.41) is 3.03. The third-order valence-corrected chi connectivity index (χ3v) is 4.43. The Morgan fingerprint density at radius 3 is 2.39 bits per heavy atom. The zero-order valence-corrected chi connectivity index (χ0v) is 14.7. The molecule has 1 aliphatic heterocycles. The number of carbonyl (C=O) groups is 1. The maximum atomic E-state index is 12.2. The minimum absolute atomic E-state index is 0.0246. The Morgan fingerprint density at radius 1 is 1.22 bits per heavy atom. The molecule has 1 fully saturated rings. The lowest BCUT2D eigenvalue weighted by Gasteiger charge is -2.29.